The van der Waals surface area contributed by atoms with E-state index in [1.54, 1.807) is 0 Å². The molecule has 1 aromatic carbocycles. The summed E-state index contributed by atoms with van der Waals surface area (Å²) in [6, 6.07) is 7.18. The van der Waals surface area contributed by atoms with Crippen LogP contribution in [-0.4, -0.2) is 19.3 Å². The lowest BCUT2D eigenvalue weighted by molar-refractivity contribution is -0.0459. The number of benzene rings is 1. The zero-order valence-corrected chi connectivity index (χ0v) is 16.5. The van der Waals surface area contributed by atoms with Gasteiger partial charge >= 0.3 is 0 Å². The Morgan fingerprint density at radius 2 is 1.96 bits per heavy atom. The molecule has 0 spiro atoms. The summed E-state index contributed by atoms with van der Waals surface area (Å²) in [5.74, 6) is 3.10. The molecule has 2 heterocycles. The normalized spacial score (nSPS) is 29.0. The second-order valence-electron chi connectivity index (χ2n) is 8.95. The van der Waals surface area contributed by atoms with Crippen molar-refractivity contribution in [3.63, 3.8) is 0 Å². The lowest BCUT2D eigenvalue weighted by atomic mass is 9.71. The highest BCUT2D eigenvalue weighted by atomic mass is 16.5. The quantitative estimate of drug-likeness (QED) is 0.706. The van der Waals surface area contributed by atoms with Gasteiger partial charge in [0.05, 0.1) is 12.7 Å². The van der Waals surface area contributed by atoms with Gasteiger partial charge in [0, 0.05) is 29.8 Å². The van der Waals surface area contributed by atoms with E-state index in [4.69, 9.17) is 9.47 Å². The molecule has 1 saturated carbocycles. The van der Waals surface area contributed by atoms with Crippen molar-refractivity contribution in [3.8, 4) is 5.75 Å². The maximum absolute atomic E-state index is 6.33. The standard InChI is InChI=1S/C23H35NO2/c1-16(2)12-14-25-18-10-11-21-20(15-18)23-19(9-6-13-26-23)22(24-21)17-7-4-3-5-8-17/h10-11,15-17,19,22-24H,3-9,12-14H2,1-2H3. The third kappa shape index (κ3) is 3.88. The van der Waals surface area contributed by atoms with Crippen LogP contribution in [0, 0.1) is 17.8 Å². The fourth-order valence-corrected chi connectivity index (χ4v) is 5.15. The number of fused-ring (bicyclic) bond motifs is 3. The van der Waals surface area contributed by atoms with E-state index >= 15 is 0 Å². The molecule has 3 unspecified atom stereocenters. The topological polar surface area (TPSA) is 30.5 Å². The van der Waals surface area contributed by atoms with Crippen molar-refractivity contribution in [2.75, 3.05) is 18.5 Å². The molecule has 2 aliphatic heterocycles. The van der Waals surface area contributed by atoms with Crippen molar-refractivity contribution in [1.82, 2.24) is 0 Å². The second-order valence-corrected chi connectivity index (χ2v) is 8.95. The molecule has 1 N–H and O–H groups in total. The van der Waals surface area contributed by atoms with Gasteiger partial charge in [-0.15, -0.1) is 0 Å². The van der Waals surface area contributed by atoms with Crippen LogP contribution in [0.25, 0.3) is 0 Å². The fourth-order valence-electron chi connectivity index (χ4n) is 5.15. The Kier molecular flexibility index (Phi) is 5.73. The highest BCUT2D eigenvalue weighted by molar-refractivity contribution is 5.58. The minimum Gasteiger partial charge on any atom is -0.494 e. The first-order valence-corrected chi connectivity index (χ1v) is 10.9. The van der Waals surface area contributed by atoms with E-state index in [-0.39, 0.29) is 6.10 Å². The van der Waals surface area contributed by atoms with Crippen LogP contribution < -0.4 is 10.1 Å². The molecule has 3 nitrogen and oxygen atoms in total. The van der Waals surface area contributed by atoms with E-state index in [9.17, 15) is 0 Å². The molecular formula is C23H35NO2. The molecule has 0 bridgehead atoms. The summed E-state index contributed by atoms with van der Waals surface area (Å²) in [5.41, 5.74) is 2.60. The molecular weight excluding hydrogens is 322 g/mol. The maximum Gasteiger partial charge on any atom is 0.119 e. The minimum atomic E-state index is 0.251. The van der Waals surface area contributed by atoms with Crippen molar-refractivity contribution >= 4 is 5.69 Å². The zero-order chi connectivity index (χ0) is 17.9. The van der Waals surface area contributed by atoms with Gasteiger partial charge in [-0.2, -0.15) is 0 Å². The highest BCUT2D eigenvalue weighted by Gasteiger charge is 2.42. The van der Waals surface area contributed by atoms with Gasteiger partial charge in [0.15, 0.2) is 0 Å². The molecule has 0 aromatic heterocycles. The van der Waals surface area contributed by atoms with Gasteiger partial charge in [-0.3, -0.25) is 0 Å². The molecule has 0 amide bonds. The first-order chi connectivity index (χ1) is 12.7. The van der Waals surface area contributed by atoms with Gasteiger partial charge in [0.2, 0.25) is 0 Å². The van der Waals surface area contributed by atoms with Crippen LogP contribution in [0.5, 0.6) is 5.75 Å². The third-order valence-electron chi connectivity index (χ3n) is 6.60. The van der Waals surface area contributed by atoms with Crippen LogP contribution in [0.15, 0.2) is 18.2 Å². The lowest BCUT2D eigenvalue weighted by Gasteiger charge is -2.47. The van der Waals surface area contributed by atoms with Gasteiger partial charge in [-0.25, -0.2) is 0 Å². The summed E-state index contributed by atoms with van der Waals surface area (Å²) in [5, 5.41) is 3.93. The Morgan fingerprint density at radius 3 is 2.77 bits per heavy atom. The van der Waals surface area contributed by atoms with E-state index in [0.29, 0.717) is 17.9 Å². The molecule has 1 aliphatic carbocycles. The number of nitrogens with one attached hydrogen (secondary N) is 1. The summed E-state index contributed by atoms with van der Waals surface area (Å²) < 4.78 is 12.4. The van der Waals surface area contributed by atoms with E-state index < -0.39 is 0 Å². The Hall–Kier alpha value is -1.22. The predicted molar refractivity (Wildman–Crippen MR) is 107 cm³/mol. The van der Waals surface area contributed by atoms with Crippen LogP contribution in [0.2, 0.25) is 0 Å². The third-order valence-corrected chi connectivity index (χ3v) is 6.60. The van der Waals surface area contributed by atoms with Crippen LogP contribution in [0.1, 0.15) is 76.9 Å². The number of anilines is 1. The first kappa shape index (κ1) is 18.2. The SMILES string of the molecule is CC(C)CCOc1ccc2c(c1)C1OCCCC1C(C1CCCCC1)N2. The van der Waals surface area contributed by atoms with Gasteiger partial charge in [0.25, 0.3) is 0 Å². The lowest BCUT2D eigenvalue weighted by Crippen LogP contribution is -2.46. The van der Waals surface area contributed by atoms with Crippen molar-refractivity contribution in [2.24, 2.45) is 17.8 Å². The van der Waals surface area contributed by atoms with Crippen LogP contribution in [-0.2, 0) is 4.74 Å². The van der Waals surface area contributed by atoms with Crippen molar-refractivity contribution in [2.45, 2.75) is 77.4 Å². The van der Waals surface area contributed by atoms with E-state index in [1.165, 1.54) is 56.2 Å². The maximum atomic E-state index is 6.33. The smallest absolute Gasteiger partial charge is 0.119 e. The summed E-state index contributed by atoms with van der Waals surface area (Å²) in [4.78, 5) is 0. The Morgan fingerprint density at radius 1 is 1.12 bits per heavy atom. The summed E-state index contributed by atoms with van der Waals surface area (Å²) in [6.45, 7) is 6.18. The van der Waals surface area contributed by atoms with Gasteiger partial charge in [-0.1, -0.05) is 33.1 Å². The monoisotopic (exact) mass is 357 g/mol. The largest absolute Gasteiger partial charge is 0.494 e. The van der Waals surface area contributed by atoms with Gasteiger partial charge < -0.3 is 14.8 Å². The molecule has 0 radical (unpaired) electrons. The number of ether oxygens (including phenoxy) is 2. The molecule has 4 rings (SSSR count). The summed E-state index contributed by atoms with van der Waals surface area (Å²) >= 11 is 0. The first-order valence-electron chi connectivity index (χ1n) is 10.9. The highest BCUT2D eigenvalue weighted by Crippen LogP contribution is 2.48. The molecule has 26 heavy (non-hydrogen) atoms. The average molecular weight is 358 g/mol. The predicted octanol–water partition coefficient (Wildman–Crippen LogP) is 5.95. The Balaban J connectivity index is 1.54. The average Bonchev–Trinajstić information content (AvgIpc) is 2.68. The minimum absolute atomic E-state index is 0.251. The van der Waals surface area contributed by atoms with Gasteiger partial charge in [-0.05, 0) is 62.1 Å². The van der Waals surface area contributed by atoms with Crippen LogP contribution in [0.3, 0.4) is 0 Å². The number of hydrogen-bond donors (Lipinski definition) is 1. The zero-order valence-electron chi connectivity index (χ0n) is 16.5. The fraction of sp³-hybridized carbons (Fsp3) is 0.739. The van der Waals surface area contributed by atoms with Crippen LogP contribution >= 0.6 is 0 Å². The Labute approximate surface area is 158 Å². The van der Waals surface area contributed by atoms with Crippen molar-refractivity contribution in [1.29, 1.82) is 0 Å². The molecule has 3 aliphatic rings. The van der Waals surface area contributed by atoms with Crippen molar-refractivity contribution in [3.05, 3.63) is 23.8 Å². The molecule has 3 atom stereocenters. The molecule has 144 valence electrons. The second kappa shape index (κ2) is 8.21. The van der Waals surface area contributed by atoms with Gasteiger partial charge in [0.1, 0.15) is 5.75 Å². The summed E-state index contributed by atoms with van der Waals surface area (Å²) in [7, 11) is 0. The molecule has 1 aromatic rings. The number of hydrogen-bond acceptors (Lipinski definition) is 3. The van der Waals surface area contributed by atoms with E-state index in [2.05, 4.69) is 37.4 Å². The summed E-state index contributed by atoms with van der Waals surface area (Å²) in [6.07, 6.45) is 10.8. The molecule has 3 heteroatoms. The molecule has 1 saturated heterocycles. The van der Waals surface area contributed by atoms with E-state index in [1.807, 2.05) is 0 Å². The van der Waals surface area contributed by atoms with Crippen molar-refractivity contribution < 1.29 is 9.47 Å². The van der Waals surface area contributed by atoms with E-state index in [0.717, 1.165) is 31.3 Å². The Bertz CT molecular complexity index is 594. The van der Waals surface area contributed by atoms with Crippen LogP contribution in [0.4, 0.5) is 5.69 Å². The molecule has 2 fully saturated rings. The number of rotatable bonds is 5.